The highest BCUT2D eigenvalue weighted by Gasteiger charge is 2.31. The minimum atomic E-state index is -1.02. The molecule has 12 nitrogen and oxygen atoms in total. The number of aliphatic hydroxyl groups excluding tert-OH is 1. The van der Waals surface area contributed by atoms with Gasteiger partial charge in [-0.2, -0.15) is 0 Å². The molecular formula is C29H43N3O9. The van der Waals surface area contributed by atoms with Crippen molar-refractivity contribution in [2.45, 2.75) is 65.0 Å². The van der Waals surface area contributed by atoms with Crippen molar-refractivity contribution in [3.05, 3.63) is 58.5 Å². The van der Waals surface area contributed by atoms with Gasteiger partial charge in [0.05, 0.1) is 30.7 Å². The van der Waals surface area contributed by atoms with Crippen molar-refractivity contribution in [3.63, 3.8) is 0 Å². The summed E-state index contributed by atoms with van der Waals surface area (Å²) >= 11 is 0. The van der Waals surface area contributed by atoms with E-state index in [1.807, 2.05) is 6.92 Å². The normalized spacial score (nSPS) is 19.4. The molecule has 1 rings (SSSR count). The molecule has 0 aromatic carbocycles. The molecule has 0 saturated heterocycles. The summed E-state index contributed by atoms with van der Waals surface area (Å²) in [6.45, 7) is 6.90. The smallest absolute Gasteiger partial charge is 0.405 e. The maximum Gasteiger partial charge on any atom is 0.405 e. The SMILES string of the molecule is COC(=O)/C(C)=C/C=C/[C@@H](OC)[C@@H](OC(N)=O)/C(C)=C\[C@H](C)[C@@H](O)[C@H](C[C@@H](C)CC1=C(N)C(=O)C=C(N)C1=O)OC. The summed E-state index contributed by atoms with van der Waals surface area (Å²) < 4.78 is 21.1. The minimum Gasteiger partial charge on any atom is -0.466 e. The van der Waals surface area contributed by atoms with E-state index in [0.717, 1.165) is 6.08 Å². The van der Waals surface area contributed by atoms with Gasteiger partial charge in [-0.05, 0) is 38.2 Å². The second kappa shape index (κ2) is 16.5. The maximum atomic E-state index is 12.4. The Kier molecular flexibility index (Phi) is 14.2. The number of carbonyl (C=O) groups is 4. The van der Waals surface area contributed by atoms with Crippen LogP contribution in [0, 0.1) is 11.8 Å². The monoisotopic (exact) mass is 577 g/mol. The third-order valence-corrected chi connectivity index (χ3v) is 6.77. The van der Waals surface area contributed by atoms with Crippen LogP contribution in [0.3, 0.4) is 0 Å². The molecule has 41 heavy (non-hydrogen) atoms. The fourth-order valence-corrected chi connectivity index (χ4v) is 4.47. The van der Waals surface area contributed by atoms with E-state index in [4.69, 9.17) is 31.4 Å². The van der Waals surface area contributed by atoms with Gasteiger partial charge in [-0.1, -0.05) is 38.2 Å². The van der Waals surface area contributed by atoms with Crippen LogP contribution in [0.4, 0.5) is 4.79 Å². The molecule has 1 aliphatic carbocycles. The number of carbonyl (C=O) groups excluding carboxylic acids is 4. The van der Waals surface area contributed by atoms with Crippen LogP contribution in [0.5, 0.6) is 0 Å². The number of esters is 1. The first-order chi connectivity index (χ1) is 19.2. The Hall–Kier alpha value is -3.74. The Balaban J connectivity index is 3.08. The summed E-state index contributed by atoms with van der Waals surface area (Å²) in [4.78, 5) is 47.7. The van der Waals surface area contributed by atoms with Gasteiger partial charge in [-0.3, -0.25) is 9.59 Å². The van der Waals surface area contributed by atoms with Gasteiger partial charge in [0.25, 0.3) is 0 Å². The molecule has 0 aromatic rings. The van der Waals surface area contributed by atoms with Crippen LogP contribution >= 0.6 is 0 Å². The number of Topliss-reactive ketones (excluding diaryl/α,β-unsaturated/α-hetero) is 1. The van der Waals surface area contributed by atoms with Crippen LogP contribution in [-0.2, 0) is 33.3 Å². The summed E-state index contributed by atoms with van der Waals surface area (Å²) in [5.41, 5.74) is 17.6. The molecule has 0 spiro atoms. The first-order valence-corrected chi connectivity index (χ1v) is 13.0. The molecule has 0 bridgehead atoms. The molecule has 12 heteroatoms. The number of hydrogen-bond donors (Lipinski definition) is 4. The van der Waals surface area contributed by atoms with Gasteiger partial charge < -0.3 is 41.3 Å². The fraction of sp³-hybridized carbons (Fsp3) is 0.517. The van der Waals surface area contributed by atoms with Crippen molar-refractivity contribution in [1.29, 1.82) is 0 Å². The highest BCUT2D eigenvalue weighted by atomic mass is 16.6. The molecule has 0 fully saturated rings. The second-order valence-electron chi connectivity index (χ2n) is 10.0. The Morgan fingerprint density at radius 3 is 2.24 bits per heavy atom. The van der Waals surface area contributed by atoms with E-state index in [-0.39, 0.29) is 29.3 Å². The highest BCUT2D eigenvalue weighted by Crippen LogP contribution is 2.27. The molecule has 7 N–H and O–H groups in total. The molecule has 0 unspecified atom stereocenters. The van der Waals surface area contributed by atoms with Gasteiger partial charge in [0.15, 0.2) is 6.10 Å². The predicted molar refractivity (Wildman–Crippen MR) is 152 cm³/mol. The number of allylic oxidation sites excluding steroid dienone is 4. The molecular weight excluding hydrogens is 534 g/mol. The van der Waals surface area contributed by atoms with Gasteiger partial charge in [0, 0.05) is 37.4 Å². The molecule has 0 aliphatic heterocycles. The van der Waals surface area contributed by atoms with Gasteiger partial charge in [0.2, 0.25) is 11.6 Å². The number of primary amides is 1. The van der Waals surface area contributed by atoms with Crippen molar-refractivity contribution in [2.24, 2.45) is 29.0 Å². The summed E-state index contributed by atoms with van der Waals surface area (Å²) in [6, 6.07) is 0. The Morgan fingerprint density at radius 1 is 1.07 bits per heavy atom. The van der Waals surface area contributed by atoms with Crippen LogP contribution in [0.1, 0.15) is 40.5 Å². The topological polar surface area (TPSA) is 203 Å². The lowest BCUT2D eigenvalue weighted by Gasteiger charge is -2.29. The lowest BCUT2D eigenvalue weighted by molar-refractivity contribution is -0.136. The average molecular weight is 578 g/mol. The first-order valence-electron chi connectivity index (χ1n) is 13.0. The van der Waals surface area contributed by atoms with E-state index in [0.29, 0.717) is 17.6 Å². The number of ether oxygens (including phenoxy) is 4. The average Bonchev–Trinajstić information content (AvgIpc) is 2.92. The van der Waals surface area contributed by atoms with E-state index < -0.39 is 54.0 Å². The van der Waals surface area contributed by atoms with Crippen molar-refractivity contribution in [1.82, 2.24) is 0 Å². The van der Waals surface area contributed by atoms with Crippen molar-refractivity contribution in [2.75, 3.05) is 21.3 Å². The number of ketones is 2. The zero-order chi connectivity index (χ0) is 31.4. The van der Waals surface area contributed by atoms with Gasteiger partial charge in [-0.25, -0.2) is 9.59 Å². The van der Waals surface area contributed by atoms with Crippen LogP contribution in [0.15, 0.2) is 58.5 Å². The molecule has 0 heterocycles. The molecule has 0 radical (unpaired) electrons. The van der Waals surface area contributed by atoms with Crippen LogP contribution in [-0.4, -0.2) is 74.5 Å². The molecule has 1 amide bonds. The zero-order valence-corrected chi connectivity index (χ0v) is 24.7. The second-order valence-corrected chi connectivity index (χ2v) is 10.0. The van der Waals surface area contributed by atoms with Crippen molar-refractivity contribution >= 4 is 23.6 Å². The van der Waals surface area contributed by atoms with E-state index in [9.17, 15) is 24.3 Å². The summed E-state index contributed by atoms with van der Waals surface area (Å²) in [7, 11) is 4.16. The molecule has 228 valence electrons. The van der Waals surface area contributed by atoms with E-state index in [1.165, 1.54) is 27.4 Å². The van der Waals surface area contributed by atoms with Crippen LogP contribution in [0.25, 0.3) is 0 Å². The number of aliphatic hydroxyl groups is 1. The Bertz CT molecular complexity index is 1140. The number of methoxy groups -OCH3 is 3. The van der Waals surface area contributed by atoms with Gasteiger partial charge in [-0.15, -0.1) is 0 Å². The Labute approximate surface area is 240 Å². The predicted octanol–water partition coefficient (Wildman–Crippen LogP) is 1.72. The lowest BCUT2D eigenvalue weighted by Crippen LogP contribution is -2.37. The lowest BCUT2D eigenvalue weighted by atomic mass is 9.85. The Morgan fingerprint density at radius 2 is 1.71 bits per heavy atom. The van der Waals surface area contributed by atoms with Gasteiger partial charge >= 0.3 is 12.1 Å². The summed E-state index contributed by atoms with van der Waals surface area (Å²) in [5.74, 6) is -2.15. The maximum absolute atomic E-state index is 12.4. The molecule has 6 atom stereocenters. The zero-order valence-electron chi connectivity index (χ0n) is 24.7. The number of nitrogens with two attached hydrogens (primary N) is 3. The van der Waals surface area contributed by atoms with Gasteiger partial charge in [0.1, 0.15) is 6.10 Å². The summed E-state index contributed by atoms with van der Waals surface area (Å²) in [5, 5.41) is 11.1. The summed E-state index contributed by atoms with van der Waals surface area (Å²) in [6.07, 6.45) is 3.60. The first kappa shape index (κ1) is 35.3. The molecule has 0 saturated carbocycles. The fourth-order valence-electron chi connectivity index (χ4n) is 4.47. The standard InChI is InChI=1S/C29H43N3O9/c1-15(11-19-24(31)21(33)14-20(30)26(19)35)12-23(39-6)25(34)17(3)13-18(4)27(41-29(32)37)22(38-5)10-8-9-16(2)28(36)40-7/h8-10,13-15,17,22-23,25,27,34H,11-12,30-31H2,1-7H3,(H2,32,37)/b10-8+,16-9+,18-13-/t15-,17-,22+,23-,25+,27-/m0/s1. The third kappa shape index (κ3) is 10.3. The van der Waals surface area contributed by atoms with Crippen LogP contribution < -0.4 is 17.2 Å². The molecule has 0 aromatic heterocycles. The molecule has 1 aliphatic rings. The minimum absolute atomic E-state index is 0.129. The van der Waals surface area contributed by atoms with E-state index >= 15 is 0 Å². The largest absolute Gasteiger partial charge is 0.466 e. The quantitative estimate of drug-likeness (QED) is 0.0725. The highest BCUT2D eigenvalue weighted by molar-refractivity contribution is 6.21. The number of rotatable bonds is 15. The number of hydrogen-bond acceptors (Lipinski definition) is 11. The van der Waals surface area contributed by atoms with Crippen molar-refractivity contribution < 1.29 is 43.2 Å². The number of amides is 1. The van der Waals surface area contributed by atoms with E-state index in [1.54, 1.807) is 39.0 Å². The van der Waals surface area contributed by atoms with E-state index in [2.05, 4.69) is 4.74 Å². The van der Waals surface area contributed by atoms with Crippen LogP contribution in [0.2, 0.25) is 0 Å². The third-order valence-electron chi connectivity index (χ3n) is 6.77. The van der Waals surface area contributed by atoms with Crippen molar-refractivity contribution in [3.8, 4) is 0 Å².